The van der Waals surface area contributed by atoms with Gasteiger partial charge >= 0.3 is 0 Å². The molecular formula is C13H30N2O. The quantitative estimate of drug-likeness (QED) is 0.562. The number of nitrogens with one attached hydrogen (secondary N) is 1. The molecule has 0 aromatic rings. The molecule has 0 aromatic carbocycles. The first-order valence-corrected chi connectivity index (χ1v) is 6.73. The normalized spacial score (nSPS) is 12.0. The predicted octanol–water partition coefficient (Wildman–Crippen LogP) is 1.86. The molecule has 0 heterocycles. The molecule has 16 heavy (non-hydrogen) atoms. The lowest BCUT2D eigenvalue weighted by molar-refractivity contribution is 0.142. The van der Waals surface area contributed by atoms with Crippen molar-refractivity contribution in [1.82, 2.24) is 10.2 Å². The predicted molar refractivity (Wildman–Crippen MR) is 70.8 cm³/mol. The lowest BCUT2D eigenvalue weighted by Gasteiger charge is -2.29. The highest BCUT2D eigenvalue weighted by atomic mass is 16.3. The lowest BCUT2D eigenvalue weighted by atomic mass is 10.1. The van der Waals surface area contributed by atoms with E-state index in [9.17, 15) is 0 Å². The highest BCUT2D eigenvalue weighted by molar-refractivity contribution is 4.69. The van der Waals surface area contributed by atoms with Crippen LogP contribution in [0.4, 0.5) is 0 Å². The number of rotatable bonds is 10. The summed E-state index contributed by atoms with van der Waals surface area (Å²) in [6, 6.07) is 1.20. The van der Waals surface area contributed by atoms with Gasteiger partial charge in [-0.15, -0.1) is 0 Å². The second-order valence-corrected chi connectivity index (χ2v) is 4.69. The van der Waals surface area contributed by atoms with Gasteiger partial charge in [0.25, 0.3) is 0 Å². The van der Waals surface area contributed by atoms with Crippen LogP contribution in [-0.2, 0) is 0 Å². The van der Waals surface area contributed by atoms with E-state index in [1.165, 1.54) is 12.8 Å². The van der Waals surface area contributed by atoms with E-state index in [1.807, 2.05) is 0 Å². The molecular weight excluding hydrogens is 200 g/mol. The van der Waals surface area contributed by atoms with Crippen LogP contribution in [0.15, 0.2) is 0 Å². The molecule has 0 saturated heterocycles. The van der Waals surface area contributed by atoms with Crippen molar-refractivity contribution < 1.29 is 5.11 Å². The van der Waals surface area contributed by atoms with Crippen LogP contribution >= 0.6 is 0 Å². The molecule has 0 radical (unpaired) electrons. The van der Waals surface area contributed by atoms with Gasteiger partial charge in [-0.25, -0.2) is 0 Å². The molecule has 0 aromatic heterocycles. The number of hydrogen-bond donors (Lipinski definition) is 2. The van der Waals surface area contributed by atoms with Crippen molar-refractivity contribution in [3.8, 4) is 0 Å². The second-order valence-electron chi connectivity index (χ2n) is 4.69. The van der Waals surface area contributed by atoms with E-state index in [0.717, 1.165) is 26.1 Å². The zero-order valence-electron chi connectivity index (χ0n) is 11.5. The van der Waals surface area contributed by atoms with Crippen molar-refractivity contribution in [1.29, 1.82) is 0 Å². The molecule has 3 heteroatoms. The second kappa shape index (κ2) is 10.1. The molecule has 0 aliphatic carbocycles. The molecule has 2 N–H and O–H groups in total. The summed E-state index contributed by atoms with van der Waals surface area (Å²) in [6.45, 7) is 12.0. The summed E-state index contributed by atoms with van der Waals surface area (Å²) >= 11 is 0. The summed E-state index contributed by atoms with van der Waals surface area (Å²) in [5, 5.41) is 12.5. The Hall–Kier alpha value is -0.120. The topological polar surface area (TPSA) is 35.5 Å². The molecule has 0 aliphatic heterocycles. The van der Waals surface area contributed by atoms with Gasteiger partial charge in [-0.1, -0.05) is 27.7 Å². The van der Waals surface area contributed by atoms with E-state index in [1.54, 1.807) is 0 Å². The van der Waals surface area contributed by atoms with E-state index >= 15 is 0 Å². The summed E-state index contributed by atoms with van der Waals surface area (Å²) in [4.78, 5) is 2.42. The molecule has 0 amide bonds. The van der Waals surface area contributed by atoms with Crippen molar-refractivity contribution in [2.45, 2.75) is 59.0 Å². The Bertz CT molecular complexity index is 147. The van der Waals surface area contributed by atoms with Crippen LogP contribution in [0.2, 0.25) is 0 Å². The van der Waals surface area contributed by atoms with Crippen molar-refractivity contribution in [2.24, 2.45) is 0 Å². The maximum atomic E-state index is 9.06. The summed E-state index contributed by atoms with van der Waals surface area (Å²) in [7, 11) is 0. The summed E-state index contributed by atoms with van der Waals surface area (Å²) in [6.07, 6.45) is 3.51. The van der Waals surface area contributed by atoms with Crippen LogP contribution in [0.3, 0.4) is 0 Å². The zero-order valence-corrected chi connectivity index (χ0v) is 11.5. The minimum absolute atomic E-state index is 0.272. The van der Waals surface area contributed by atoms with Gasteiger partial charge in [-0.2, -0.15) is 0 Å². The third-order valence-corrected chi connectivity index (χ3v) is 3.02. The molecule has 0 atom stereocenters. The van der Waals surface area contributed by atoms with Gasteiger partial charge in [0.05, 0.1) is 6.61 Å². The van der Waals surface area contributed by atoms with E-state index in [2.05, 4.69) is 37.9 Å². The van der Waals surface area contributed by atoms with Crippen LogP contribution in [0, 0.1) is 0 Å². The largest absolute Gasteiger partial charge is 0.395 e. The summed E-state index contributed by atoms with van der Waals surface area (Å²) in [5.41, 5.74) is 0. The molecule has 0 fully saturated rings. The molecule has 0 aliphatic rings. The van der Waals surface area contributed by atoms with E-state index < -0.39 is 0 Å². The first kappa shape index (κ1) is 15.9. The zero-order chi connectivity index (χ0) is 12.4. The monoisotopic (exact) mass is 230 g/mol. The Kier molecular flexibility index (Phi) is 9.99. The molecule has 3 nitrogen and oxygen atoms in total. The van der Waals surface area contributed by atoms with Gasteiger partial charge in [0.2, 0.25) is 0 Å². The number of aliphatic hydroxyl groups excluding tert-OH is 1. The van der Waals surface area contributed by atoms with Crippen molar-refractivity contribution >= 4 is 0 Å². The minimum atomic E-state index is 0.272. The molecule has 0 rings (SSSR count). The minimum Gasteiger partial charge on any atom is -0.395 e. The molecule has 0 unspecified atom stereocenters. The van der Waals surface area contributed by atoms with Gasteiger partial charge in [0, 0.05) is 18.6 Å². The van der Waals surface area contributed by atoms with Crippen molar-refractivity contribution in [3.63, 3.8) is 0 Å². The number of hydrogen-bond acceptors (Lipinski definition) is 3. The Balaban J connectivity index is 3.83. The highest BCUT2D eigenvalue weighted by Gasteiger charge is 2.13. The fraction of sp³-hybridized carbons (Fsp3) is 1.00. The Morgan fingerprint density at radius 2 is 1.75 bits per heavy atom. The Morgan fingerprint density at radius 1 is 1.12 bits per heavy atom. The van der Waals surface area contributed by atoms with Crippen LogP contribution < -0.4 is 5.32 Å². The summed E-state index contributed by atoms with van der Waals surface area (Å²) < 4.78 is 0. The van der Waals surface area contributed by atoms with Gasteiger partial charge in [-0.05, 0) is 32.4 Å². The first-order chi connectivity index (χ1) is 7.65. The SMILES string of the molecule is CCC(CC)N(CCO)CCCNC(C)C. The smallest absolute Gasteiger partial charge is 0.0558 e. The van der Waals surface area contributed by atoms with Gasteiger partial charge in [0.15, 0.2) is 0 Å². The lowest BCUT2D eigenvalue weighted by Crippen LogP contribution is -2.38. The Labute approximate surface area is 101 Å². The Morgan fingerprint density at radius 3 is 2.19 bits per heavy atom. The van der Waals surface area contributed by atoms with Crippen LogP contribution in [0.25, 0.3) is 0 Å². The fourth-order valence-electron chi connectivity index (χ4n) is 2.08. The van der Waals surface area contributed by atoms with E-state index in [0.29, 0.717) is 12.1 Å². The van der Waals surface area contributed by atoms with Crippen LogP contribution in [-0.4, -0.2) is 48.3 Å². The first-order valence-electron chi connectivity index (χ1n) is 6.73. The molecule has 98 valence electrons. The van der Waals surface area contributed by atoms with Gasteiger partial charge in [-0.3, -0.25) is 4.90 Å². The van der Waals surface area contributed by atoms with Crippen molar-refractivity contribution in [2.75, 3.05) is 26.2 Å². The maximum Gasteiger partial charge on any atom is 0.0558 e. The third kappa shape index (κ3) is 7.20. The highest BCUT2D eigenvalue weighted by Crippen LogP contribution is 2.08. The van der Waals surface area contributed by atoms with Gasteiger partial charge < -0.3 is 10.4 Å². The van der Waals surface area contributed by atoms with Crippen molar-refractivity contribution in [3.05, 3.63) is 0 Å². The standard InChI is InChI=1S/C13H30N2O/c1-5-13(6-2)15(10-11-16)9-7-8-14-12(3)4/h12-14,16H,5-11H2,1-4H3. The maximum absolute atomic E-state index is 9.06. The molecule has 0 bridgehead atoms. The number of aliphatic hydroxyl groups is 1. The average Bonchev–Trinajstić information content (AvgIpc) is 2.25. The van der Waals surface area contributed by atoms with Crippen LogP contribution in [0.5, 0.6) is 0 Å². The van der Waals surface area contributed by atoms with E-state index in [4.69, 9.17) is 5.11 Å². The number of nitrogens with zero attached hydrogens (tertiary/aromatic N) is 1. The average molecular weight is 230 g/mol. The molecule has 0 saturated carbocycles. The van der Waals surface area contributed by atoms with Gasteiger partial charge in [0.1, 0.15) is 0 Å². The molecule has 0 spiro atoms. The van der Waals surface area contributed by atoms with Crippen LogP contribution in [0.1, 0.15) is 47.0 Å². The summed E-state index contributed by atoms with van der Waals surface area (Å²) in [5.74, 6) is 0. The fourth-order valence-corrected chi connectivity index (χ4v) is 2.08. The van der Waals surface area contributed by atoms with E-state index in [-0.39, 0.29) is 6.61 Å². The third-order valence-electron chi connectivity index (χ3n) is 3.02.